The van der Waals surface area contributed by atoms with Gasteiger partial charge in [-0.2, -0.15) is 0 Å². The van der Waals surface area contributed by atoms with Crippen molar-refractivity contribution in [3.63, 3.8) is 0 Å². The summed E-state index contributed by atoms with van der Waals surface area (Å²) >= 11 is 0. The number of nitrogens with zero attached hydrogens (tertiary/aromatic N) is 2. The van der Waals surface area contributed by atoms with E-state index >= 15 is 0 Å². The van der Waals surface area contributed by atoms with Crippen LogP contribution >= 0.6 is 0 Å². The fraction of sp³-hybridized carbons (Fsp3) is 0.438. The minimum absolute atomic E-state index is 0.473. The van der Waals surface area contributed by atoms with Crippen LogP contribution in [0.2, 0.25) is 0 Å². The average molecular weight is 272 g/mol. The predicted octanol–water partition coefficient (Wildman–Crippen LogP) is 3.24. The molecule has 0 spiro atoms. The van der Waals surface area contributed by atoms with E-state index in [0.717, 1.165) is 17.0 Å². The quantitative estimate of drug-likeness (QED) is 0.878. The van der Waals surface area contributed by atoms with Crippen molar-refractivity contribution in [2.45, 2.75) is 44.9 Å². The summed E-state index contributed by atoms with van der Waals surface area (Å²) in [5.41, 5.74) is 1.95. The van der Waals surface area contributed by atoms with Crippen LogP contribution in [-0.4, -0.2) is 14.7 Å². The molecule has 1 atom stereocenters. The molecule has 0 aliphatic heterocycles. The molecule has 0 bridgehead atoms. The summed E-state index contributed by atoms with van der Waals surface area (Å²) < 4.78 is 8.10. The summed E-state index contributed by atoms with van der Waals surface area (Å²) in [6.45, 7) is 2.45. The van der Waals surface area contributed by atoms with Crippen molar-refractivity contribution in [3.05, 3.63) is 48.0 Å². The van der Waals surface area contributed by atoms with E-state index in [1.54, 1.807) is 0 Å². The smallest absolute Gasteiger partial charge is 0.130 e. The van der Waals surface area contributed by atoms with Crippen molar-refractivity contribution >= 4 is 0 Å². The molecule has 106 valence electrons. The lowest BCUT2D eigenvalue weighted by Crippen LogP contribution is -2.06. The van der Waals surface area contributed by atoms with E-state index in [4.69, 9.17) is 4.74 Å². The molecule has 1 aromatic carbocycles. The van der Waals surface area contributed by atoms with Gasteiger partial charge in [-0.15, -0.1) is 0 Å². The van der Waals surface area contributed by atoms with Crippen molar-refractivity contribution < 1.29 is 9.84 Å². The second-order valence-electron chi connectivity index (χ2n) is 5.27. The second kappa shape index (κ2) is 5.67. The lowest BCUT2D eigenvalue weighted by atomic mass is 10.1. The summed E-state index contributed by atoms with van der Waals surface area (Å²) in [6, 6.07) is 8.29. The molecular weight excluding hydrogens is 252 g/mol. The van der Waals surface area contributed by atoms with Crippen molar-refractivity contribution in [3.8, 4) is 5.75 Å². The molecule has 1 aliphatic carbocycles. The molecule has 1 heterocycles. The van der Waals surface area contributed by atoms with Crippen molar-refractivity contribution in [2.24, 2.45) is 0 Å². The zero-order valence-corrected chi connectivity index (χ0v) is 11.7. The number of aromatic nitrogens is 2. The Morgan fingerprint density at radius 1 is 1.40 bits per heavy atom. The van der Waals surface area contributed by atoms with Gasteiger partial charge in [0.2, 0.25) is 0 Å². The highest BCUT2D eigenvalue weighted by Gasteiger charge is 2.25. The van der Waals surface area contributed by atoms with Crippen LogP contribution in [0.5, 0.6) is 5.75 Å². The van der Waals surface area contributed by atoms with E-state index in [0.29, 0.717) is 19.1 Å². The number of hydrogen-bond donors (Lipinski definition) is 1. The van der Waals surface area contributed by atoms with E-state index in [-0.39, 0.29) is 0 Å². The molecule has 0 unspecified atom stereocenters. The van der Waals surface area contributed by atoms with Crippen LogP contribution in [0.3, 0.4) is 0 Å². The first-order valence-corrected chi connectivity index (χ1v) is 7.20. The summed E-state index contributed by atoms with van der Waals surface area (Å²) in [5, 5.41) is 10.0. The highest BCUT2D eigenvalue weighted by atomic mass is 16.5. The van der Waals surface area contributed by atoms with Gasteiger partial charge in [-0.05, 0) is 25.3 Å². The fourth-order valence-electron chi connectivity index (χ4n) is 2.38. The van der Waals surface area contributed by atoms with Gasteiger partial charge in [-0.3, -0.25) is 0 Å². The normalized spacial score (nSPS) is 16.1. The third-order valence-electron chi connectivity index (χ3n) is 3.73. The fourth-order valence-corrected chi connectivity index (χ4v) is 2.38. The Morgan fingerprint density at radius 3 is 2.95 bits per heavy atom. The number of para-hydroxylation sites is 1. The molecule has 2 aromatic rings. The van der Waals surface area contributed by atoms with Crippen LogP contribution in [0.1, 0.15) is 49.6 Å². The third-order valence-corrected chi connectivity index (χ3v) is 3.73. The van der Waals surface area contributed by atoms with Crippen molar-refractivity contribution in [1.82, 2.24) is 9.55 Å². The zero-order chi connectivity index (χ0) is 13.9. The van der Waals surface area contributed by atoms with Crippen LogP contribution in [0.25, 0.3) is 0 Å². The number of rotatable bonds is 6. The molecule has 1 fully saturated rings. The molecule has 4 heteroatoms. The van der Waals surface area contributed by atoms with E-state index in [1.807, 2.05) is 43.7 Å². The van der Waals surface area contributed by atoms with Gasteiger partial charge in [0.15, 0.2) is 0 Å². The summed E-state index contributed by atoms with van der Waals surface area (Å²) in [4.78, 5) is 4.20. The SMILES string of the molecule is CC[C@@H](O)c1ccccc1OCc1cncn1C1CC1. The number of hydrogen-bond acceptors (Lipinski definition) is 3. The number of aliphatic hydroxyl groups excluding tert-OH is 1. The number of imidazole rings is 1. The lowest BCUT2D eigenvalue weighted by Gasteiger charge is -2.15. The van der Waals surface area contributed by atoms with Gasteiger partial charge < -0.3 is 14.4 Å². The minimum Gasteiger partial charge on any atom is -0.487 e. The summed E-state index contributed by atoms with van der Waals surface area (Å²) in [6.07, 6.45) is 6.41. The third kappa shape index (κ3) is 2.70. The first-order chi connectivity index (χ1) is 9.79. The molecule has 1 N–H and O–H groups in total. The molecule has 3 rings (SSSR count). The van der Waals surface area contributed by atoms with Crippen LogP contribution < -0.4 is 4.74 Å². The number of benzene rings is 1. The monoisotopic (exact) mass is 272 g/mol. The van der Waals surface area contributed by atoms with Gasteiger partial charge in [0.1, 0.15) is 12.4 Å². The molecule has 20 heavy (non-hydrogen) atoms. The molecule has 1 saturated carbocycles. The van der Waals surface area contributed by atoms with Crippen molar-refractivity contribution in [1.29, 1.82) is 0 Å². The second-order valence-corrected chi connectivity index (χ2v) is 5.27. The highest BCUT2D eigenvalue weighted by molar-refractivity contribution is 5.35. The Balaban J connectivity index is 1.73. The van der Waals surface area contributed by atoms with Gasteiger partial charge in [0, 0.05) is 11.6 Å². The Morgan fingerprint density at radius 2 is 2.20 bits per heavy atom. The maximum Gasteiger partial charge on any atom is 0.130 e. The molecule has 1 aliphatic rings. The predicted molar refractivity (Wildman–Crippen MR) is 76.5 cm³/mol. The van der Waals surface area contributed by atoms with E-state index in [1.165, 1.54) is 12.8 Å². The van der Waals surface area contributed by atoms with Gasteiger partial charge in [-0.25, -0.2) is 4.98 Å². The van der Waals surface area contributed by atoms with Gasteiger partial charge in [0.25, 0.3) is 0 Å². The molecule has 1 aromatic heterocycles. The van der Waals surface area contributed by atoms with E-state index in [2.05, 4.69) is 9.55 Å². The average Bonchev–Trinajstić information content (AvgIpc) is 3.23. The van der Waals surface area contributed by atoms with Gasteiger partial charge in [0.05, 0.1) is 24.3 Å². The van der Waals surface area contributed by atoms with Crippen LogP contribution in [0.4, 0.5) is 0 Å². The lowest BCUT2D eigenvalue weighted by molar-refractivity contribution is 0.166. The van der Waals surface area contributed by atoms with Gasteiger partial charge in [-0.1, -0.05) is 25.1 Å². The Hall–Kier alpha value is -1.81. The molecule has 0 radical (unpaired) electrons. The van der Waals surface area contributed by atoms with Gasteiger partial charge >= 0.3 is 0 Å². The molecular formula is C16H20N2O2. The number of aliphatic hydroxyl groups is 1. The largest absolute Gasteiger partial charge is 0.487 e. The zero-order valence-electron chi connectivity index (χ0n) is 11.7. The number of ether oxygens (including phenoxy) is 1. The first kappa shape index (κ1) is 13.2. The standard InChI is InChI=1S/C16H20N2O2/c1-2-15(19)14-5-3-4-6-16(14)20-10-13-9-17-11-18(13)12-7-8-12/h3-6,9,11-12,15,19H,2,7-8,10H2,1H3/t15-/m1/s1. The molecule has 0 amide bonds. The van der Waals surface area contributed by atoms with Crippen LogP contribution in [0, 0.1) is 0 Å². The summed E-state index contributed by atoms with van der Waals surface area (Å²) in [5.74, 6) is 0.755. The van der Waals surface area contributed by atoms with E-state index in [9.17, 15) is 5.11 Å². The maximum atomic E-state index is 10.0. The Labute approximate surface area is 119 Å². The topological polar surface area (TPSA) is 47.3 Å². The minimum atomic E-state index is -0.473. The first-order valence-electron chi connectivity index (χ1n) is 7.20. The Bertz CT molecular complexity index is 575. The Kier molecular flexibility index (Phi) is 3.74. The maximum absolute atomic E-state index is 10.0. The van der Waals surface area contributed by atoms with E-state index < -0.39 is 6.10 Å². The van der Waals surface area contributed by atoms with Crippen molar-refractivity contribution in [2.75, 3.05) is 0 Å². The van der Waals surface area contributed by atoms with Crippen LogP contribution in [-0.2, 0) is 6.61 Å². The summed E-state index contributed by atoms with van der Waals surface area (Å²) in [7, 11) is 0. The molecule has 0 saturated heterocycles. The highest BCUT2D eigenvalue weighted by Crippen LogP contribution is 2.36. The van der Waals surface area contributed by atoms with Crippen LogP contribution in [0.15, 0.2) is 36.8 Å². The molecule has 4 nitrogen and oxygen atoms in total.